The second-order valence-electron chi connectivity index (χ2n) is 7.82. The van der Waals surface area contributed by atoms with Gasteiger partial charge in [0, 0.05) is 12.0 Å². The summed E-state index contributed by atoms with van der Waals surface area (Å²) in [6.45, 7) is 6.68. The molecular weight excluding hydrogens is 354 g/mol. The SMILES string of the molecule is CC(C)[NH+]1CCc2c(sc3c2C(=O)N[C@@H](c2cccc4ccccc24)N3)C1. The van der Waals surface area contributed by atoms with Crippen LogP contribution in [0.25, 0.3) is 10.8 Å². The summed E-state index contributed by atoms with van der Waals surface area (Å²) in [5.41, 5.74) is 3.27. The standard InChI is InChI=1S/C22H23N3OS/c1-13(2)25-11-10-17-18(12-25)27-22-19(17)21(26)23-20(24-22)16-9-5-7-14-6-3-4-8-15(14)16/h3-9,13,20,24H,10-12H2,1-2H3,(H,23,26)/p+1/t20-/m1/s1. The third-order valence-corrected chi connectivity index (χ3v) is 7.07. The van der Waals surface area contributed by atoms with Gasteiger partial charge in [-0.25, -0.2) is 0 Å². The number of hydrogen-bond donors (Lipinski definition) is 3. The Morgan fingerprint density at radius 3 is 2.78 bits per heavy atom. The second-order valence-corrected chi connectivity index (χ2v) is 8.92. The maximum atomic E-state index is 13.0. The highest BCUT2D eigenvalue weighted by molar-refractivity contribution is 7.16. The third-order valence-electron chi connectivity index (χ3n) is 5.90. The van der Waals surface area contributed by atoms with E-state index in [1.165, 1.54) is 21.2 Å². The topological polar surface area (TPSA) is 45.6 Å². The van der Waals surface area contributed by atoms with Gasteiger partial charge in [0.25, 0.3) is 5.91 Å². The van der Waals surface area contributed by atoms with Gasteiger partial charge in [-0.05, 0) is 30.2 Å². The monoisotopic (exact) mass is 378 g/mol. The number of carbonyl (C=O) groups excluding carboxylic acids is 1. The van der Waals surface area contributed by atoms with Gasteiger partial charge in [0.05, 0.1) is 23.0 Å². The lowest BCUT2D eigenvalue weighted by Crippen LogP contribution is -3.14. The van der Waals surface area contributed by atoms with Crippen LogP contribution in [-0.4, -0.2) is 18.5 Å². The summed E-state index contributed by atoms with van der Waals surface area (Å²) in [6.07, 6.45) is 0.799. The Balaban J connectivity index is 1.53. The average molecular weight is 379 g/mol. The van der Waals surface area contributed by atoms with Crippen LogP contribution in [-0.2, 0) is 13.0 Å². The van der Waals surface area contributed by atoms with E-state index in [9.17, 15) is 4.79 Å². The van der Waals surface area contributed by atoms with Crippen molar-refractivity contribution in [1.29, 1.82) is 0 Å². The van der Waals surface area contributed by atoms with Gasteiger partial charge >= 0.3 is 0 Å². The lowest BCUT2D eigenvalue weighted by atomic mass is 9.98. The van der Waals surface area contributed by atoms with Crippen LogP contribution < -0.4 is 15.5 Å². The highest BCUT2D eigenvalue weighted by atomic mass is 32.1. The summed E-state index contributed by atoms with van der Waals surface area (Å²) in [4.78, 5) is 16.0. The van der Waals surface area contributed by atoms with Gasteiger partial charge in [-0.1, -0.05) is 42.5 Å². The Kier molecular flexibility index (Phi) is 3.95. The van der Waals surface area contributed by atoms with Gasteiger partial charge in [-0.15, -0.1) is 11.3 Å². The van der Waals surface area contributed by atoms with E-state index in [2.05, 4.69) is 60.9 Å². The van der Waals surface area contributed by atoms with Gasteiger partial charge in [0.1, 0.15) is 17.7 Å². The molecule has 1 aromatic heterocycles. The highest BCUT2D eigenvalue weighted by Crippen LogP contribution is 2.39. The molecule has 3 aromatic rings. The lowest BCUT2D eigenvalue weighted by molar-refractivity contribution is -0.936. The van der Waals surface area contributed by atoms with Gasteiger partial charge in [0.2, 0.25) is 0 Å². The lowest BCUT2D eigenvalue weighted by Gasteiger charge is -2.29. The van der Waals surface area contributed by atoms with E-state index in [4.69, 9.17) is 0 Å². The van der Waals surface area contributed by atoms with Crippen LogP contribution in [0.4, 0.5) is 5.00 Å². The Morgan fingerprint density at radius 2 is 1.93 bits per heavy atom. The number of rotatable bonds is 2. The number of benzene rings is 2. The van der Waals surface area contributed by atoms with E-state index in [1.54, 1.807) is 16.2 Å². The van der Waals surface area contributed by atoms with Crippen LogP contribution in [0.3, 0.4) is 0 Å². The van der Waals surface area contributed by atoms with E-state index in [1.807, 2.05) is 6.07 Å². The normalized spacial score (nSPS) is 21.5. The number of hydrogen-bond acceptors (Lipinski definition) is 3. The number of anilines is 1. The smallest absolute Gasteiger partial charge is 0.256 e. The summed E-state index contributed by atoms with van der Waals surface area (Å²) < 4.78 is 0. The van der Waals surface area contributed by atoms with Crippen molar-refractivity contribution in [1.82, 2.24) is 5.32 Å². The van der Waals surface area contributed by atoms with Crippen molar-refractivity contribution < 1.29 is 9.69 Å². The summed E-state index contributed by atoms with van der Waals surface area (Å²) in [6, 6.07) is 15.2. The quantitative estimate of drug-likeness (QED) is 0.642. The fourth-order valence-electron chi connectivity index (χ4n) is 4.36. The molecule has 0 saturated heterocycles. The summed E-state index contributed by atoms with van der Waals surface area (Å²) >= 11 is 1.77. The van der Waals surface area contributed by atoms with E-state index in [0.29, 0.717) is 6.04 Å². The molecule has 0 aliphatic carbocycles. The maximum Gasteiger partial charge on any atom is 0.256 e. The zero-order valence-corrected chi connectivity index (χ0v) is 16.5. The van der Waals surface area contributed by atoms with E-state index in [0.717, 1.165) is 35.6 Å². The Hall–Kier alpha value is -2.37. The number of nitrogens with one attached hydrogen (secondary N) is 3. The first kappa shape index (κ1) is 16.8. The molecule has 0 bridgehead atoms. The predicted octanol–water partition coefficient (Wildman–Crippen LogP) is 3.10. The van der Waals surface area contributed by atoms with Gasteiger partial charge in [-0.3, -0.25) is 4.79 Å². The van der Waals surface area contributed by atoms with E-state index < -0.39 is 0 Å². The van der Waals surface area contributed by atoms with Crippen molar-refractivity contribution in [2.45, 2.75) is 39.0 Å². The summed E-state index contributed by atoms with van der Waals surface area (Å²) in [7, 11) is 0. The van der Waals surface area contributed by atoms with Crippen LogP contribution in [0, 0.1) is 0 Å². The van der Waals surface area contributed by atoms with E-state index in [-0.39, 0.29) is 12.1 Å². The minimum absolute atomic E-state index is 0.0622. The van der Waals surface area contributed by atoms with Crippen molar-refractivity contribution in [2.24, 2.45) is 0 Å². The maximum absolute atomic E-state index is 13.0. The van der Waals surface area contributed by atoms with Crippen LogP contribution in [0.1, 0.15) is 46.4 Å². The minimum atomic E-state index is -0.190. The molecule has 0 fully saturated rings. The Labute approximate surface area is 163 Å². The van der Waals surface area contributed by atoms with Crippen LogP contribution in [0.15, 0.2) is 42.5 Å². The van der Waals surface area contributed by atoms with Gasteiger partial charge < -0.3 is 15.5 Å². The molecule has 2 atom stereocenters. The van der Waals surface area contributed by atoms with Crippen molar-refractivity contribution in [3.05, 3.63) is 64.0 Å². The fourth-order valence-corrected chi connectivity index (χ4v) is 5.69. The Bertz CT molecular complexity index is 1030. The molecule has 0 spiro atoms. The molecule has 1 amide bonds. The zero-order valence-electron chi connectivity index (χ0n) is 15.6. The molecule has 4 nitrogen and oxygen atoms in total. The molecule has 0 saturated carbocycles. The van der Waals surface area contributed by atoms with Gasteiger partial charge in [0.15, 0.2) is 0 Å². The van der Waals surface area contributed by atoms with Crippen molar-refractivity contribution in [3.8, 4) is 0 Å². The van der Waals surface area contributed by atoms with E-state index >= 15 is 0 Å². The number of carbonyl (C=O) groups is 1. The molecule has 2 aliphatic heterocycles. The molecule has 138 valence electrons. The first-order valence-electron chi connectivity index (χ1n) is 9.66. The molecule has 1 unspecified atom stereocenters. The molecule has 3 heterocycles. The minimum Gasteiger partial charge on any atom is -0.353 e. The first-order chi connectivity index (χ1) is 13.1. The number of fused-ring (bicyclic) bond motifs is 4. The highest BCUT2D eigenvalue weighted by Gasteiger charge is 2.35. The molecule has 27 heavy (non-hydrogen) atoms. The Morgan fingerprint density at radius 1 is 1.11 bits per heavy atom. The molecule has 2 aromatic carbocycles. The average Bonchev–Trinajstić information content (AvgIpc) is 3.05. The van der Waals surface area contributed by atoms with Crippen molar-refractivity contribution in [2.75, 3.05) is 11.9 Å². The molecule has 5 rings (SSSR count). The molecular formula is C22H24N3OS+. The zero-order chi connectivity index (χ0) is 18.5. The fraction of sp³-hybridized carbons (Fsp3) is 0.318. The van der Waals surface area contributed by atoms with Crippen molar-refractivity contribution >= 4 is 33.0 Å². The molecule has 3 N–H and O–H groups in total. The number of quaternary nitrogens is 1. The van der Waals surface area contributed by atoms with Crippen LogP contribution in [0.5, 0.6) is 0 Å². The molecule has 2 aliphatic rings. The van der Waals surface area contributed by atoms with Crippen LogP contribution >= 0.6 is 11.3 Å². The molecule has 0 radical (unpaired) electrons. The largest absolute Gasteiger partial charge is 0.353 e. The van der Waals surface area contributed by atoms with Crippen LogP contribution in [0.2, 0.25) is 0 Å². The number of thiophene rings is 1. The second kappa shape index (κ2) is 6.36. The first-order valence-corrected chi connectivity index (χ1v) is 10.5. The van der Waals surface area contributed by atoms with Gasteiger partial charge in [-0.2, -0.15) is 0 Å². The number of amides is 1. The van der Waals surface area contributed by atoms with Crippen molar-refractivity contribution in [3.63, 3.8) is 0 Å². The summed E-state index contributed by atoms with van der Waals surface area (Å²) in [5, 5.41) is 10.2. The third kappa shape index (κ3) is 2.73. The predicted molar refractivity (Wildman–Crippen MR) is 110 cm³/mol. The molecule has 5 heteroatoms. The summed E-state index contributed by atoms with van der Waals surface area (Å²) in [5.74, 6) is 0.0622.